The van der Waals surface area contributed by atoms with Gasteiger partial charge >= 0.3 is 22.6 Å². The van der Waals surface area contributed by atoms with E-state index in [0.29, 0.717) is 18.8 Å². The molecule has 7 nitrogen and oxygen atoms in total. The number of nitrogens with zero attached hydrogens (tertiary/aromatic N) is 2. The summed E-state index contributed by atoms with van der Waals surface area (Å²) >= 11 is 0. The van der Waals surface area contributed by atoms with Gasteiger partial charge in [-0.25, -0.2) is 4.79 Å². The van der Waals surface area contributed by atoms with Gasteiger partial charge in [-0.2, -0.15) is 13.3 Å². The number of nitrogens with two attached hydrogens (primary N) is 1. The molecule has 0 heterocycles. The topological polar surface area (TPSA) is 89.2 Å². The second kappa shape index (κ2) is 13.6. The molecule has 0 radical (unpaired) electrons. The number of hydrogen-bond acceptors (Lipinski definition) is 6. The molecule has 0 saturated heterocycles. The van der Waals surface area contributed by atoms with E-state index in [2.05, 4.69) is 21.8 Å². The van der Waals surface area contributed by atoms with Crippen molar-refractivity contribution < 1.29 is 30.8 Å². The normalized spacial score (nSPS) is 17.6. The van der Waals surface area contributed by atoms with Crippen LogP contribution in [-0.2, 0) is 21.2 Å². The van der Waals surface area contributed by atoms with Crippen molar-refractivity contribution >= 4 is 24.2 Å². The fourth-order valence-electron chi connectivity index (χ4n) is 3.91. The molecule has 0 atom stereocenters. The van der Waals surface area contributed by atoms with Crippen LogP contribution in [0.3, 0.4) is 0 Å². The minimum absolute atomic E-state index is 0. The van der Waals surface area contributed by atoms with Gasteiger partial charge in [-0.1, -0.05) is 17.3 Å². The first-order chi connectivity index (χ1) is 14.6. The van der Waals surface area contributed by atoms with Crippen molar-refractivity contribution in [3.05, 3.63) is 37.3 Å². The molecule has 0 aliphatic heterocycles. The Labute approximate surface area is 210 Å². The van der Waals surface area contributed by atoms with Crippen LogP contribution in [0.2, 0.25) is 0 Å². The minimum atomic E-state index is -0.497. The first kappa shape index (κ1) is 31.0. The molecule has 1 aliphatic carbocycles. The van der Waals surface area contributed by atoms with Gasteiger partial charge in [0.1, 0.15) is 11.4 Å². The Morgan fingerprint density at radius 3 is 2.42 bits per heavy atom. The van der Waals surface area contributed by atoms with Crippen molar-refractivity contribution in [2.45, 2.75) is 71.1 Å². The number of amides is 1. The molecule has 0 bridgehead atoms. The summed E-state index contributed by atoms with van der Waals surface area (Å²) in [5.41, 5.74) is 8.69. The number of likely N-dealkylation sites (N-methyl/N-ethyl adjacent to an activating group) is 1. The number of carbonyl (C=O) groups excluding carboxylic acids is 1. The molecule has 8 heteroatoms. The van der Waals surface area contributed by atoms with Crippen LogP contribution in [0, 0.1) is 14.4 Å². The largest absolute Gasteiger partial charge is 2.00 e. The number of benzene rings is 1. The first-order valence-electron chi connectivity index (χ1n) is 10.9. The molecule has 1 aromatic rings. The van der Waals surface area contributed by atoms with E-state index in [1.807, 2.05) is 46.9 Å². The summed E-state index contributed by atoms with van der Waals surface area (Å²) in [5, 5.41) is 2.97. The molecule has 3 N–H and O–H groups in total. The summed E-state index contributed by atoms with van der Waals surface area (Å²) in [5.74, 6) is 0.811. The van der Waals surface area contributed by atoms with E-state index >= 15 is 0 Å². The molecule has 0 aromatic heterocycles. The smallest absolute Gasteiger partial charge is 0.488 e. The molecule has 0 spiro atoms. The molecule has 1 fully saturated rings. The van der Waals surface area contributed by atoms with Crippen LogP contribution < -0.4 is 20.7 Å². The summed E-state index contributed by atoms with van der Waals surface area (Å²) in [7, 11) is 2.00. The van der Waals surface area contributed by atoms with Gasteiger partial charge in [0.15, 0.2) is 0 Å². The Bertz CT molecular complexity index is 800. The zero-order valence-corrected chi connectivity index (χ0v) is 21.8. The molecule has 1 aromatic carbocycles. The third-order valence-electron chi connectivity index (χ3n) is 5.40. The van der Waals surface area contributed by atoms with Crippen molar-refractivity contribution in [1.29, 1.82) is 0 Å². The van der Waals surface area contributed by atoms with Crippen molar-refractivity contribution in [3.8, 4) is 5.75 Å². The number of anilines is 1. The zero-order valence-electron chi connectivity index (χ0n) is 20.8. The van der Waals surface area contributed by atoms with Crippen molar-refractivity contribution in [3.63, 3.8) is 0 Å². The molecule has 188 valence electrons. The number of hydrogen-bond donors (Lipinski definition) is 2. The van der Waals surface area contributed by atoms with Crippen molar-refractivity contribution in [2.24, 2.45) is 10.7 Å². The predicted molar refractivity (Wildman–Crippen MR) is 133 cm³/mol. The van der Waals surface area contributed by atoms with E-state index in [1.165, 1.54) is 0 Å². The van der Waals surface area contributed by atoms with Gasteiger partial charge in [0.05, 0.1) is 11.8 Å². The number of alkyl carbamates (subject to hydrolysis) is 1. The second-order valence-corrected chi connectivity index (χ2v) is 9.11. The summed E-state index contributed by atoms with van der Waals surface area (Å²) in [6, 6.07) is 4.00. The SMILES string of the molecule is [CH-]=NC(=C)c1ccc(OC2CCC(NC(=O)OC(C)(C)C)CC2)c(N(C)CCN)c1C.[CH3-].[Ni+2]. The van der Waals surface area contributed by atoms with Gasteiger partial charge < -0.3 is 37.8 Å². The Kier molecular flexibility index (Phi) is 12.8. The third kappa shape index (κ3) is 9.02. The fraction of sp³-hybridized carbons (Fsp3) is 0.560. The summed E-state index contributed by atoms with van der Waals surface area (Å²) in [6.07, 6.45) is 3.11. The summed E-state index contributed by atoms with van der Waals surface area (Å²) in [4.78, 5) is 17.9. The Hall–Kier alpha value is -2.05. The van der Waals surface area contributed by atoms with Crippen LogP contribution in [0.25, 0.3) is 5.70 Å². The monoisotopic (exact) mass is 502 g/mol. The average Bonchev–Trinajstić information content (AvgIpc) is 2.67. The molecule has 33 heavy (non-hydrogen) atoms. The molecule has 2 rings (SSSR count). The van der Waals surface area contributed by atoms with Crippen LogP contribution in [-0.4, -0.2) is 50.7 Å². The van der Waals surface area contributed by atoms with Gasteiger partial charge in [0, 0.05) is 26.2 Å². The standard InChI is InChI=1S/C24H37N4O3.CH3.Ni/c1-16-20(17(2)26-6)12-13-21(22(16)28(7)15-14-25)30-19-10-8-18(9-11-19)27-23(29)31-24(3,4)5;;/h6,12-13,18-19H,2,8-11,14-15,25H2,1,3-5,7H3,(H,27,29);1H3;/q2*-1;+2. The summed E-state index contributed by atoms with van der Waals surface area (Å²) in [6.45, 7) is 18.2. The van der Waals surface area contributed by atoms with E-state index in [0.717, 1.165) is 48.2 Å². The number of rotatable bonds is 8. The van der Waals surface area contributed by atoms with E-state index in [1.54, 1.807) is 0 Å². The quantitative estimate of drug-likeness (QED) is 0.308. The molecule has 1 aliphatic rings. The maximum absolute atomic E-state index is 12.0. The molecular formula is C25H40N4NiO3. The Balaban J connectivity index is 0.00000512. The van der Waals surface area contributed by atoms with Crippen LogP contribution in [0.1, 0.15) is 57.6 Å². The summed E-state index contributed by atoms with van der Waals surface area (Å²) < 4.78 is 11.8. The minimum Gasteiger partial charge on any atom is -0.488 e. The van der Waals surface area contributed by atoms with Gasteiger partial charge in [0.25, 0.3) is 0 Å². The molecule has 1 saturated carbocycles. The fourth-order valence-corrected chi connectivity index (χ4v) is 3.91. The van der Waals surface area contributed by atoms with Gasteiger partial charge in [-0.3, -0.25) is 0 Å². The van der Waals surface area contributed by atoms with Crippen LogP contribution in [0.15, 0.2) is 23.7 Å². The van der Waals surface area contributed by atoms with Crippen molar-refractivity contribution in [1.82, 2.24) is 5.32 Å². The molecular weight excluding hydrogens is 463 g/mol. The van der Waals surface area contributed by atoms with E-state index in [9.17, 15) is 4.79 Å². The Morgan fingerprint density at radius 2 is 1.91 bits per heavy atom. The van der Waals surface area contributed by atoms with Gasteiger partial charge in [-0.15, -0.1) is 0 Å². The average molecular weight is 503 g/mol. The third-order valence-corrected chi connectivity index (χ3v) is 5.40. The van der Waals surface area contributed by atoms with E-state index in [4.69, 9.17) is 21.9 Å². The van der Waals surface area contributed by atoms with Crippen LogP contribution in [0.5, 0.6) is 5.75 Å². The Morgan fingerprint density at radius 1 is 1.30 bits per heavy atom. The number of nitrogens with one attached hydrogen (secondary N) is 1. The van der Waals surface area contributed by atoms with Gasteiger partial charge in [0.2, 0.25) is 0 Å². The number of aliphatic imine (C=N–C) groups is 1. The number of carbonyl (C=O) groups is 1. The van der Waals surface area contributed by atoms with E-state index in [-0.39, 0.29) is 42.2 Å². The number of ether oxygens (including phenoxy) is 2. The van der Waals surface area contributed by atoms with Crippen LogP contribution in [0.4, 0.5) is 10.5 Å². The maximum atomic E-state index is 12.0. The van der Waals surface area contributed by atoms with E-state index < -0.39 is 5.60 Å². The van der Waals surface area contributed by atoms with Crippen LogP contribution >= 0.6 is 0 Å². The van der Waals surface area contributed by atoms with Crippen molar-refractivity contribution in [2.75, 3.05) is 25.0 Å². The second-order valence-electron chi connectivity index (χ2n) is 9.11. The predicted octanol–water partition coefficient (Wildman–Crippen LogP) is 4.60. The molecule has 1 amide bonds. The zero-order chi connectivity index (χ0) is 23.2. The molecule has 0 unspecified atom stereocenters. The first-order valence-corrected chi connectivity index (χ1v) is 10.9. The maximum Gasteiger partial charge on any atom is 2.00 e. The van der Waals surface area contributed by atoms with Gasteiger partial charge in [-0.05, 0) is 65.0 Å².